The van der Waals surface area contributed by atoms with E-state index in [2.05, 4.69) is 21.2 Å². The molecule has 0 bridgehead atoms. The number of nitrogens with one attached hydrogen (secondary N) is 1. The van der Waals surface area contributed by atoms with E-state index in [0.29, 0.717) is 13.0 Å². The summed E-state index contributed by atoms with van der Waals surface area (Å²) in [5.41, 5.74) is 0. The van der Waals surface area contributed by atoms with E-state index in [1.807, 2.05) is 6.92 Å². The van der Waals surface area contributed by atoms with Gasteiger partial charge in [0.15, 0.2) is 0 Å². The molecule has 1 atom stereocenters. The third kappa shape index (κ3) is 6.61. The highest BCUT2D eigenvalue weighted by atomic mass is 79.9. The number of amides is 1. The molecule has 1 unspecified atom stereocenters. The first-order chi connectivity index (χ1) is 5.70. The van der Waals surface area contributed by atoms with Gasteiger partial charge in [-0.05, 0) is 13.3 Å². The Kier molecular flexibility index (Phi) is 7.50. The summed E-state index contributed by atoms with van der Waals surface area (Å²) in [6.07, 6.45) is 1.40. The van der Waals surface area contributed by atoms with Crippen LogP contribution in [0.25, 0.3) is 0 Å². The van der Waals surface area contributed by atoms with Gasteiger partial charge in [0.05, 0.1) is 0 Å². The van der Waals surface area contributed by atoms with Gasteiger partial charge in [-0.1, -0.05) is 15.9 Å². The minimum atomic E-state index is 0.0930. The number of rotatable bonds is 6. The lowest BCUT2D eigenvalue weighted by Crippen LogP contribution is -2.33. The molecule has 0 saturated carbocycles. The third-order valence-corrected chi connectivity index (χ3v) is 1.88. The molecule has 0 aliphatic heterocycles. The van der Waals surface area contributed by atoms with Crippen LogP contribution in [0, 0.1) is 0 Å². The van der Waals surface area contributed by atoms with E-state index in [1.165, 1.54) is 0 Å². The first-order valence-electron chi connectivity index (χ1n) is 4.05. The van der Waals surface area contributed by atoms with Crippen molar-refractivity contribution < 1.29 is 9.53 Å². The van der Waals surface area contributed by atoms with Gasteiger partial charge < -0.3 is 10.1 Å². The molecule has 0 aromatic rings. The van der Waals surface area contributed by atoms with Gasteiger partial charge in [-0.15, -0.1) is 0 Å². The number of alkyl halides is 1. The average Bonchev–Trinajstić information content (AvgIpc) is 2.01. The summed E-state index contributed by atoms with van der Waals surface area (Å²) >= 11 is 3.21. The smallest absolute Gasteiger partial charge is 0.221 e. The van der Waals surface area contributed by atoms with Crippen LogP contribution < -0.4 is 5.32 Å². The molecule has 0 aliphatic carbocycles. The second kappa shape index (κ2) is 7.55. The molecule has 4 heteroatoms. The zero-order valence-electron chi connectivity index (χ0n) is 7.60. The van der Waals surface area contributed by atoms with Crippen molar-refractivity contribution in [2.75, 3.05) is 19.0 Å². The van der Waals surface area contributed by atoms with E-state index in [4.69, 9.17) is 4.74 Å². The summed E-state index contributed by atoms with van der Waals surface area (Å²) in [5.74, 6) is 0.0930. The van der Waals surface area contributed by atoms with Crippen molar-refractivity contribution >= 4 is 21.8 Å². The van der Waals surface area contributed by atoms with Crippen molar-refractivity contribution in [2.45, 2.75) is 25.8 Å². The van der Waals surface area contributed by atoms with Crippen molar-refractivity contribution in [3.8, 4) is 0 Å². The maximum absolute atomic E-state index is 11.0. The molecule has 0 aromatic carbocycles. The molecule has 0 aliphatic rings. The van der Waals surface area contributed by atoms with Crippen molar-refractivity contribution in [3.63, 3.8) is 0 Å². The van der Waals surface area contributed by atoms with Crippen LogP contribution >= 0.6 is 15.9 Å². The van der Waals surface area contributed by atoms with E-state index in [1.54, 1.807) is 7.11 Å². The minimum Gasteiger partial charge on any atom is -0.385 e. The monoisotopic (exact) mass is 237 g/mol. The molecule has 1 amide bonds. The van der Waals surface area contributed by atoms with E-state index >= 15 is 0 Å². The Morgan fingerprint density at radius 3 is 2.83 bits per heavy atom. The highest BCUT2D eigenvalue weighted by molar-refractivity contribution is 9.09. The van der Waals surface area contributed by atoms with Gasteiger partial charge in [0, 0.05) is 31.5 Å². The molecule has 0 aromatic heterocycles. The van der Waals surface area contributed by atoms with Crippen molar-refractivity contribution in [2.24, 2.45) is 0 Å². The van der Waals surface area contributed by atoms with Crippen LogP contribution in [0.5, 0.6) is 0 Å². The molecule has 0 saturated heterocycles. The summed E-state index contributed by atoms with van der Waals surface area (Å²) in [6.45, 7) is 2.67. The number of methoxy groups -OCH3 is 1. The third-order valence-electron chi connectivity index (χ3n) is 1.48. The maximum atomic E-state index is 11.0. The van der Waals surface area contributed by atoms with Gasteiger partial charge in [-0.2, -0.15) is 0 Å². The van der Waals surface area contributed by atoms with Crippen LogP contribution in [0.15, 0.2) is 0 Å². The molecule has 0 radical (unpaired) electrons. The first-order valence-corrected chi connectivity index (χ1v) is 5.17. The molecule has 72 valence electrons. The number of ether oxygens (including phenoxy) is 1. The zero-order valence-corrected chi connectivity index (χ0v) is 9.19. The van der Waals surface area contributed by atoms with E-state index in [-0.39, 0.29) is 11.9 Å². The molecule has 12 heavy (non-hydrogen) atoms. The van der Waals surface area contributed by atoms with Gasteiger partial charge in [0.2, 0.25) is 5.91 Å². The molecular weight excluding hydrogens is 222 g/mol. The quantitative estimate of drug-likeness (QED) is 0.708. The van der Waals surface area contributed by atoms with Gasteiger partial charge in [-0.3, -0.25) is 4.79 Å². The summed E-state index contributed by atoms with van der Waals surface area (Å²) < 4.78 is 4.89. The molecule has 0 rings (SSSR count). The van der Waals surface area contributed by atoms with Gasteiger partial charge in [0.25, 0.3) is 0 Å². The second-order valence-corrected chi connectivity index (χ2v) is 3.48. The topological polar surface area (TPSA) is 38.3 Å². The van der Waals surface area contributed by atoms with Crippen molar-refractivity contribution in [1.82, 2.24) is 5.32 Å². The largest absolute Gasteiger partial charge is 0.385 e. The molecular formula is C8H16BrNO2. The summed E-state index contributed by atoms with van der Waals surface area (Å²) in [7, 11) is 1.66. The van der Waals surface area contributed by atoms with Crippen LogP contribution in [-0.2, 0) is 9.53 Å². The van der Waals surface area contributed by atoms with Crippen molar-refractivity contribution in [3.05, 3.63) is 0 Å². The Balaban J connectivity index is 3.40. The predicted molar refractivity (Wildman–Crippen MR) is 52.5 cm³/mol. The van der Waals surface area contributed by atoms with Crippen molar-refractivity contribution in [1.29, 1.82) is 0 Å². The Morgan fingerprint density at radius 2 is 2.33 bits per heavy atom. The van der Waals surface area contributed by atoms with Crippen LogP contribution in [0.1, 0.15) is 19.8 Å². The Bertz CT molecular complexity index is 130. The van der Waals surface area contributed by atoms with Crippen LogP contribution in [-0.4, -0.2) is 31.0 Å². The van der Waals surface area contributed by atoms with E-state index < -0.39 is 0 Å². The van der Waals surface area contributed by atoms with E-state index in [9.17, 15) is 4.79 Å². The zero-order chi connectivity index (χ0) is 9.40. The molecule has 1 N–H and O–H groups in total. The fraction of sp³-hybridized carbons (Fsp3) is 0.875. The Morgan fingerprint density at radius 1 is 1.67 bits per heavy atom. The average molecular weight is 238 g/mol. The number of halogens is 1. The van der Waals surface area contributed by atoms with Gasteiger partial charge in [0.1, 0.15) is 0 Å². The highest BCUT2D eigenvalue weighted by Gasteiger charge is 2.05. The second-order valence-electron chi connectivity index (χ2n) is 2.69. The first kappa shape index (κ1) is 11.9. The minimum absolute atomic E-state index is 0.0930. The maximum Gasteiger partial charge on any atom is 0.221 e. The molecule has 0 spiro atoms. The number of hydrogen-bond acceptors (Lipinski definition) is 2. The summed E-state index contributed by atoms with van der Waals surface area (Å²) in [6, 6.07) is 0.205. The molecule has 0 heterocycles. The normalized spacial score (nSPS) is 12.6. The SMILES string of the molecule is COCCC(C)NC(=O)CCBr. The fourth-order valence-corrected chi connectivity index (χ4v) is 1.16. The number of hydrogen-bond donors (Lipinski definition) is 1. The summed E-state index contributed by atoms with van der Waals surface area (Å²) in [4.78, 5) is 11.0. The van der Waals surface area contributed by atoms with Crippen LogP contribution in [0.3, 0.4) is 0 Å². The number of carbonyl (C=O) groups excluding carboxylic acids is 1. The Labute approximate surface area is 82.0 Å². The van der Waals surface area contributed by atoms with Gasteiger partial charge >= 0.3 is 0 Å². The summed E-state index contributed by atoms with van der Waals surface area (Å²) in [5, 5.41) is 3.58. The standard InChI is InChI=1S/C8H16BrNO2/c1-7(4-6-12-2)10-8(11)3-5-9/h7H,3-6H2,1-2H3,(H,10,11). The highest BCUT2D eigenvalue weighted by Crippen LogP contribution is 1.93. The van der Waals surface area contributed by atoms with Crippen LogP contribution in [0.4, 0.5) is 0 Å². The lowest BCUT2D eigenvalue weighted by atomic mass is 10.2. The van der Waals surface area contributed by atoms with Gasteiger partial charge in [-0.25, -0.2) is 0 Å². The van der Waals surface area contributed by atoms with E-state index in [0.717, 1.165) is 11.8 Å². The molecule has 0 fully saturated rings. The predicted octanol–water partition coefficient (Wildman–Crippen LogP) is 1.31. The fourth-order valence-electron chi connectivity index (χ4n) is 0.800. The molecule has 3 nitrogen and oxygen atoms in total. The number of carbonyl (C=O) groups is 1. The lowest BCUT2D eigenvalue weighted by molar-refractivity contribution is -0.121. The Hall–Kier alpha value is -0.0900. The van der Waals surface area contributed by atoms with Crippen LogP contribution in [0.2, 0.25) is 0 Å². The lowest BCUT2D eigenvalue weighted by Gasteiger charge is -2.12.